The average Bonchev–Trinajstić information content (AvgIpc) is 2.31. The number of phenolic OH excluding ortho intramolecular Hbond substituents is 2. The van der Waals surface area contributed by atoms with Gasteiger partial charge in [0, 0.05) is 12.2 Å². The fourth-order valence-electron chi connectivity index (χ4n) is 1.62. The summed E-state index contributed by atoms with van der Waals surface area (Å²) in [6, 6.07) is 3.29. The fourth-order valence-corrected chi connectivity index (χ4v) is 2.58. The number of aliphatic hydroxyl groups excluding tert-OH is 1. The van der Waals surface area contributed by atoms with Crippen LogP contribution in [0.3, 0.4) is 0 Å². The largest absolute Gasteiger partial charge is 0.504 e. The van der Waals surface area contributed by atoms with Gasteiger partial charge in [0.1, 0.15) is 0 Å². The summed E-state index contributed by atoms with van der Waals surface area (Å²) in [6.07, 6.45) is 0.313. The summed E-state index contributed by atoms with van der Waals surface area (Å²) in [4.78, 5) is 0. The minimum atomic E-state index is -1.85. The Hall–Kier alpha value is -1.04. The van der Waals surface area contributed by atoms with Crippen molar-refractivity contribution in [1.82, 2.24) is 0 Å². The highest BCUT2D eigenvalue weighted by Crippen LogP contribution is 2.38. The topological polar surface area (TPSA) is 69.9 Å². The van der Waals surface area contributed by atoms with E-state index in [2.05, 4.69) is 33.9 Å². The summed E-state index contributed by atoms with van der Waals surface area (Å²) in [7, 11) is -1.85. The molecule has 0 aliphatic carbocycles. The summed E-state index contributed by atoms with van der Waals surface area (Å²) >= 11 is 0. The van der Waals surface area contributed by atoms with Gasteiger partial charge in [-0.3, -0.25) is 0 Å². The third-order valence-electron chi connectivity index (χ3n) is 4.02. The number of aliphatic hydroxyl groups is 1. The Morgan fingerprint density at radius 2 is 1.75 bits per heavy atom. The molecule has 0 heterocycles. The van der Waals surface area contributed by atoms with Crippen LogP contribution in [0, 0.1) is 0 Å². The number of hydrogen-bond acceptors (Lipinski definition) is 4. The molecule has 0 aliphatic rings. The maximum atomic E-state index is 9.72. The zero-order valence-electron chi connectivity index (χ0n) is 13.0. The Labute approximate surface area is 122 Å². The smallest absolute Gasteiger partial charge is 0.192 e. The summed E-state index contributed by atoms with van der Waals surface area (Å²) in [5.41, 5.74) is 1.36. The Balaban J connectivity index is 2.89. The van der Waals surface area contributed by atoms with E-state index >= 15 is 0 Å². The lowest BCUT2D eigenvalue weighted by Gasteiger charge is -2.36. The fraction of sp³-hybridized carbons (Fsp3) is 0.600. The Morgan fingerprint density at radius 3 is 2.25 bits per heavy atom. The highest BCUT2D eigenvalue weighted by atomic mass is 28.4. The van der Waals surface area contributed by atoms with E-state index in [1.54, 1.807) is 6.07 Å². The second-order valence-corrected chi connectivity index (χ2v) is 11.5. The summed E-state index contributed by atoms with van der Waals surface area (Å²) < 4.78 is 6.09. The van der Waals surface area contributed by atoms with E-state index < -0.39 is 8.32 Å². The molecule has 4 nitrogen and oxygen atoms in total. The summed E-state index contributed by atoms with van der Waals surface area (Å²) in [5.74, 6) is -0.320. The molecule has 1 aromatic rings. The van der Waals surface area contributed by atoms with Crippen molar-refractivity contribution in [3.63, 3.8) is 0 Å². The van der Waals surface area contributed by atoms with E-state index in [1.165, 1.54) is 6.07 Å². The second kappa shape index (κ2) is 6.16. The third-order valence-corrected chi connectivity index (χ3v) is 8.49. The van der Waals surface area contributed by atoms with Gasteiger partial charge >= 0.3 is 0 Å². The summed E-state index contributed by atoms with van der Waals surface area (Å²) in [6.45, 7) is 11.2. The lowest BCUT2D eigenvalue weighted by atomic mass is 10.1. The standard InChI is InChI=1S/C15H26O4Si/c1-15(2,3)20(4,5)19-10-11-8-12(6-7-16)14(18)13(17)9-11/h8-9,16-18H,6-7,10H2,1-5H3. The zero-order valence-corrected chi connectivity index (χ0v) is 14.0. The molecule has 3 N–H and O–H groups in total. The lowest BCUT2D eigenvalue weighted by Crippen LogP contribution is -2.40. The normalized spacial score (nSPS) is 12.7. The molecule has 20 heavy (non-hydrogen) atoms. The first-order valence-corrected chi connectivity index (χ1v) is 9.78. The third kappa shape index (κ3) is 3.98. The quantitative estimate of drug-likeness (QED) is 0.577. The molecule has 0 unspecified atom stereocenters. The zero-order chi connectivity index (χ0) is 15.6. The summed E-state index contributed by atoms with van der Waals surface area (Å²) in [5, 5.41) is 28.5. The highest BCUT2D eigenvalue weighted by molar-refractivity contribution is 6.74. The van der Waals surface area contributed by atoms with Crippen molar-refractivity contribution in [1.29, 1.82) is 0 Å². The first-order chi connectivity index (χ1) is 9.08. The van der Waals surface area contributed by atoms with E-state index in [0.717, 1.165) is 5.56 Å². The van der Waals surface area contributed by atoms with Gasteiger partial charge in [-0.25, -0.2) is 0 Å². The first-order valence-electron chi connectivity index (χ1n) is 6.87. The molecule has 0 saturated carbocycles. The van der Waals surface area contributed by atoms with Crippen LogP contribution in [0.1, 0.15) is 31.9 Å². The molecule has 5 heteroatoms. The number of hydrogen-bond donors (Lipinski definition) is 3. The van der Waals surface area contributed by atoms with Crippen LogP contribution in [0.25, 0.3) is 0 Å². The van der Waals surface area contributed by atoms with Crippen LogP contribution in [0.2, 0.25) is 18.1 Å². The number of rotatable bonds is 5. The minimum absolute atomic E-state index is 0.0699. The van der Waals surface area contributed by atoms with Crippen LogP contribution in [-0.4, -0.2) is 30.2 Å². The molecule has 114 valence electrons. The van der Waals surface area contributed by atoms with Crippen LogP contribution in [-0.2, 0) is 17.5 Å². The van der Waals surface area contributed by atoms with Crippen molar-refractivity contribution in [2.24, 2.45) is 0 Å². The maximum absolute atomic E-state index is 9.72. The molecular weight excluding hydrogens is 272 g/mol. The second-order valence-electron chi connectivity index (χ2n) is 6.65. The highest BCUT2D eigenvalue weighted by Gasteiger charge is 2.37. The van der Waals surface area contributed by atoms with Gasteiger partial charge in [0.25, 0.3) is 0 Å². The van der Waals surface area contributed by atoms with E-state index in [-0.39, 0.29) is 23.1 Å². The molecular formula is C15H26O4Si. The molecule has 0 bridgehead atoms. The van der Waals surface area contributed by atoms with E-state index in [9.17, 15) is 10.2 Å². The van der Waals surface area contributed by atoms with Crippen LogP contribution in [0.5, 0.6) is 11.5 Å². The van der Waals surface area contributed by atoms with Crippen LogP contribution < -0.4 is 0 Å². The van der Waals surface area contributed by atoms with Gasteiger partial charge in [-0.05, 0) is 42.2 Å². The molecule has 0 fully saturated rings. The Kier molecular flexibility index (Phi) is 5.24. The number of aromatic hydroxyl groups is 2. The molecule has 0 amide bonds. The molecule has 0 aliphatic heterocycles. The van der Waals surface area contributed by atoms with Gasteiger partial charge in [0.2, 0.25) is 0 Å². The molecule has 1 rings (SSSR count). The van der Waals surface area contributed by atoms with Crippen LogP contribution >= 0.6 is 0 Å². The number of phenols is 2. The predicted molar refractivity (Wildman–Crippen MR) is 82.5 cm³/mol. The van der Waals surface area contributed by atoms with E-state index in [0.29, 0.717) is 18.6 Å². The van der Waals surface area contributed by atoms with Gasteiger partial charge in [-0.2, -0.15) is 0 Å². The van der Waals surface area contributed by atoms with Gasteiger partial charge in [0.05, 0.1) is 6.61 Å². The van der Waals surface area contributed by atoms with Crippen molar-refractivity contribution in [3.05, 3.63) is 23.3 Å². The van der Waals surface area contributed by atoms with Crippen molar-refractivity contribution < 1.29 is 19.7 Å². The first kappa shape index (κ1) is 17.0. The van der Waals surface area contributed by atoms with Crippen molar-refractivity contribution in [2.45, 2.75) is 51.9 Å². The van der Waals surface area contributed by atoms with Crippen LogP contribution in [0.15, 0.2) is 12.1 Å². The minimum Gasteiger partial charge on any atom is -0.504 e. The monoisotopic (exact) mass is 298 g/mol. The number of benzene rings is 1. The predicted octanol–water partition coefficient (Wildman–Crippen LogP) is 3.15. The average molecular weight is 298 g/mol. The van der Waals surface area contributed by atoms with Gasteiger partial charge in [-0.15, -0.1) is 0 Å². The van der Waals surface area contributed by atoms with Crippen molar-refractivity contribution in [2.75, 3.05) is 6.61 Å². The molecule has 0 atom stereocenters. The van der Waals surface area contributed by atoms with Crippen molar-refractivity contribution >= 4 is 8.32 Å². The van der Waals surface area contributed by atoms with E-state index in [1.807, 2.05) is 0 Å². The Morgan fingerprint density at radius 1 is 1.15 bits per heavy atom. The molecule has 1 aromatic carbocycles. The van der Waals surface area contributed by atoms with Gasteiger partial charge < -0.3 is 19.7 Å². The van der Waals surface area contributed by atoms with Gasteiger partial charge in [0.15, 0.2) is 19.8 Å². The lowest BCUT2D eigenvalue weighted by molar-refractivity contribution is 0.274. The van der Waals surface area contributed by atoms with Gasteiger partial charge in [-0.1, -0.05) is 20.8 Å². The molecule has 0 aromatic heterocycles. The molecule has 0 spiro atoms. The SMILES string of the molecule is CC(C)(C)[Si](C)(C)OCc1cc(O)c(O)c(CCO)c1. The van der Waals surface area contributed by atoms with Crippen molar-refractivity contribution in [3.8, 4) is 11.5 Å². The van der Waals surface area contributed by atoms with E-state index in [4.69, 9.17) is 9.53 Å². The molecule has 0 saturated heterocycles. The molecule has 0 radical (unpaired) electrons. The maximum Gasteiger partial charge on any atom is 0.192 e. The van der Waals surface area contributed by atoms with Crippen LogP contribution in [0.4, 0.5) is 0 Å². The Bertz CT molecular complexity index is 464.